The van der Waals surface area contributed by atoms with Gasteiger partial charge in [0.05, 0.1) is 0 Å². The average molecular weight is 290 g/mol. The highest BCUT2D eigenvalue weighted by Crippen LogP contribution is 2.20. The van der Waals surface area contributed by atoms with Crippen LogP contribution in [-0.4, -0.2) is 14.7 Å². The van der Waals surface area contributed by atoms with E-state index in [1.807, 2.05) is 13.8 Å². The number of aldehydes is 1. The summed E-state index contributed by atoms with van der Waals surface area (Å²) in [5, 5.41) is 0. The summed E-state index contributed by atoms with van der Waals surface area (Å²) in [7, 11) is -3.86. The van der Waals surface area contributed by atoms with Crippen LogP contribution < -0.4 is 4.18 Å². The number of hydrogen-bond acceptors (Lipinski definition) is 4. The van der Waals surface area contributed by atoms with Crippen LogP contribution in [0.25, 0.3) is 0 Å². The van der Waals surface area contributed by atoms with E-state index in [2.05, 4.69) is 0 Å². The molecule has 0 bridgehead atoms. The summed E-state index contributed by atoms with van der Waals surface area (Å²) in [6.07, 6.45) is 0.682. The van der Waals surface area contributed by atoms with Gasteiger partial charge in [-0.25, -0.2) is 0 Å². The highest BCUT2D eigenvalue weighted by molar-refractivity contribution is 7.87. The van der Waals surface area contributed by atoms with Crippen LogP contribution in [0.4, 0.5) is 0 Å². The number of aryl methyl sites for hydroxylation is 2. The van der Waals surface area contributed by atoms with Crippen molar-refractivity contribution < 1.29 is 17.4 Å². The molecule has 0 heterocycles. The fraction of sp³-hybridized carbons (Fsp3) is 0.133. The Morgan fingerprint density at radius 1 is 0.950 bits per heavy atom. The van der Waals surface area contributed by atoms with Gasteiger partial charge < -0.3 is 4.18 Å². The molecule has 20 heavy (non-hydrogen) atoms. The van der Waals surface area contributed by atoms with E-state index in [4.69, 9.17) is 4.18 Å². The summed E-state index contributed by atoms with van der Waals surface area (Å²) in [6, 6.07) is 10.7. The van der Waals surface area contributed by atoms with Crippen molar-refractivity contribution in [1.82, 2.24) is 0 Å². The zero-order valence-electron chi connectivity index (χ0n) is 11.2. The van der Waals surface area contributed by atoms with Crippen molar-refractivity contribution in [1.29, 1.82) is 0 Å². The molecule has 0 atom stereocenters. The number of carbonyl (C=O) groups is 1. The second-order valence-corrected chi connectivity index (χ2v) is 6.02. The van der Waals surface area contributed by atoms with Crippen molar-refractivity contribution >= 4 is 16.4 Å². The van der Waals surface area contributed by atoms with Gasteiger partial charge >= 0.3 is 10.1 Å². The molecular weight excluding hydrogens is 276 g/mol. The van der Waals surface area contributed by atoms with Crippen LogP contribution in [0.1, 0.15) is 21.5 Å². The fourth-order valence-corrected chi connectivity index (χ4v) is 2.66. The maximum atomic E-state index is 12.1. The lowest BCUT2D eigenvalue weighted by Gasteiger charge is -2.08. The number of rotatable bonds is 4. The van der Waals surface area contributed by atoms with Crippen molar-refractivity contribution in [3.05, 3.63) is 59.2 Å². The summed E-state index contributed by atoms with van der Waals surface area (Å²) < 4.78 is 29.3. The zero-order chi connectivity index (χ0) is 14.8. The van der Waals surface area contributed by atoms with E-state index >= 15 is 0 Å². The standard InChI is InChI=1S/C15H14O4S/c1-11-3-8-15(9-12(11)2)20(17,18)19-14-6-4-13(10-16)5-7-14/h3-10H,1-2H3. The minimum Gasteiger partial charge on any atom is -0.379 e. The van der Waals surface area contributed by atoms with Gasteiger partial charge in [0.2, 0.25) is 0 Å². The van der Waals surface area contributed by atoms with Crippen molar-refractivity contribution in [3.63, 3.8) is 0 Å². The summed E-state index contributed by atoms with van der Waals surface area (Å²) in [5.41, 5.74) is 2.35. The van der Waals surface area contributed by atoms with Crippen LogP contribution in [0.2, 0.25) is 0 Å². The van der Waals surface area contributed by atoms with Crippen LogP contribution in [0.15, 0.2) is 47.4 Å². The predicted octanol–water partition coefficient (Wildman–Crippen LogP) is 2.88. The second-order valence-electron chi connectivity index (χ2n) is 4.47. The molecule has 0 aliphatic heterocycles. The van der Waals surface area contributed by atoms with Crippen molar-refractivity contribution in [2.75, 3.05) is 0 Å². The average Bonchev–Trinajstić information content (AvgIpc) is 2.42. The van der Waals surface area contributed by atoms with Crippen LogP contribution in [0.5, 0.6) is 5.75 Å². The molecule has 0 saturated heterocycles. The Morgan fingerprint density at radius 2 is 1.60 bits per heavy atom. The van der Waals surface area contributed by atoms with Crippen molar-refractivity contribution in [3.8, 4) is 5.75 Å². The fourth-order valence-electron chi connectivity index (χ4n) is 1.65. The van der Waals surface area contributed by atoms with E-state index in [-0.39, 0.29) is 10.6 Å². The van der Waals surface area contributed by atoms with Gasteiger partial charge in [-0.2, -0.15) is 8.42 Å². The molecule has 5 heteroatoms. The Balaban J connectivity index is 2.30. The molecule has 104 valence electrons. The highest BCUT2D eigenvalue weighted by Gasteiger charge is 2.17. The first-order valence-corrected chi connectivity index (χ1v) is 7.40. The predicted molar refractivity (Wildman–Crippen MR) is 75.6 cm³/mol. The monoisotopic (exact) mass is 290 g/mol. The second kappa shape index (κ2) is 5.46. The van der Waals surface area contributed by atoms with Gasteiger partial charge in [-0.1, -0.05) is 6.07 Å². The van der Waals surface area contributed by atoms with E-state index in [9.17, 15) is 13.2 Å². The molecule has 2 rings (SSSR count). The molecule has 0 spiro atoms. The summed E-state index contributed by atoms with van der Waals surface area (Å²) >= 11 is 0. The van der Waals surface area contributed by atoms with Gasteiger partial charge in [-0.15, -0.1) is 0 Å². The number of benzene rings is 2. The highest BCUT2D eigenvalue weighted by atomic mass is 32.2. The van der Waals surface area contributed by atoms with Crippen molar-refractivity contribution in [2.45, 2.75) is 18.7 Å². The molecule has 0 unspecified atom stereocenters. The Bertz CT molecular complexity index is 731. The van der Waals surface area contributed by atoms with Crippen LogP contribution in [0.3, 0.4) is 0 Å². The topological polar surface area (TPSA) is 60.4 Å². The van der Waals surface area contributed by atoms with Crippen molar-refractivity contribution in [2.24, 2.45) is 0 Å². The summed E-state index contributed by atoms with van der Waals surface area (Å²) in [4.78, 5) is 10.6. The Morgan fingerprint density at radius 3 is 2.15 bits per heavy atom. The first kappa shape index (κ1) is 14.3. The molecule has 0 aliphatic carbocycles. The van der Waals surface area contributed by atoms with Crippen LogP contribution in [-0.2, 0) is 10.1 Å². The van der Waals surface area contributed by atoms with Gasteiger partial charge in [0.1, 0.15) is 16.9 Å². The Kier molecular flexibility index (Phi) is 3.90. The van der Waals surface area contributed by atoms with Crippen LogP contribution in [0, 0.1) is 13.8 Å². The van der Waals surface area contributed by atoms with Gasteiger partial charge in [0.15, 0.2) is 0 Å². The van der Waals surface area contributed by atoms with Gasteiger partial charge in [-0.05, 0) is 61.4 Å². The molecule has 0 amide bonds. The molecule has 0 aliphatic rings. The van der Waals surface area contributed by atoms with E-state index in [0.717, 1.165) is 11.1 Å². The maximum absolute atomic E-state index is 12.1. The summed E-state index contributed by atoms with van der Waals surface area (Å²) in [5.74, 6) is 0.175. The largest absolute Gasteiger partial charge is 0.379 e. The smallest absolute Gasteiger partial charge is 0.339 e. The molecule has 2 aromatic carbocycles. The third-order valence-corrected chi connectivity index (χ3v) is 4.23. The first-order chi connectivity index (χ1) is 9.42. The number of hydrogen-bond donors (Lipinski definition) is 0. The molecule has 0 saturated carbocycles. The minimum atomic E-state index is -3.86. The zero-order valence-corrected chi connectivity index (χ0v) is 12.0. The van der Waals surface area contributed by atoms with Gasteiger partial charge in [0.25, 0.3) is 0 Å². The first-order valence-electron chi connectivity index (χ1n) is 5.99. The lowest BCUT2D eigenvalue weighted by atomic mass is 10.1. The molecule has 2 aromatic rings. The minimum absolute atomic E-state index is 0.111. The third kappa shape index (κ3) is 3.05. The lowest BCUT2D eigenvalue weighted by molar-refractivity contribution is 0.112. The molecule has 0 fully saturated rings. The quantitative estimate of drug-likeness (QED) is 0.641. The van der Waals surface area contributed by atoms with E-state index in [1.165, 1.54) is 30.3 Å². The normalized spacial score (nSPS) is 11.1. The lowest BCUT2D eigenvalue weighted by Crippen LogP contribution is -2.10. The third-order valence-electron chi connectivity index (χ3n) is 2.99. The Hall–Kier alpha value is -2.14. The number of carbonyl (C=O) groups excluding carboxylic acids is 1. The molecule has 0 N–H and O–H groups in total. The molecule has 0 aromatic heterocycles. The summed E-state index contributed by atoms with van der Waals surface area (Å²) in [6.45, 7) is 3.75. The molecular formula is C15H14O4S. The maximum Gasteiger partial charge on any atom is 0.339 e. The van der Waals surface area contributed by atoms with Gasteiger partial charge in [0, 0.05) is 5.56 Å². The molecule has 4 nitrogen and oxygen atoms in total. The molecule has 0 radical (unpaired) electrons. The van der Waals surface area contributed by atoms with Crippen LogP contribution >= 0.6 is 0 Å². The SMILES string of the molecule is Cc1ccc(S(=O)(=O)Oc2ccc(C=O)cc2)cc1C. The van der Waals surface area contributed by atoms with Gasteiger partial charge in [-0.3, -0.25) is 4.79 Å². The van der Waals surface area contributed by atoms with E-state index < -0.39 is 10.1 Å². The van der Waals surface area contributed by atoms with E-state index in [0.29, 0.717) is 11.8 Å². The van der Waals surface area contributed by atoms with E-state index in [1.54, 1.807) is 12.1 Å². The Labute approximate surface area is 118 Å².